The van der Waals surface area contributed by atoms with Gasteiger partial charge >= 0.3 is 0 Å². The number of nitrogens with two attached hydrogens (primary N) is 1. The van der Waals surface area contributed by atoms with Crippen LogP contribution in [0.4, 0.5) is 0 Å². The van der Waals surface area contributed by atoms with Gasteiger partial charge in [-0.25, -0.2) is 0 Å². The number of aromatic nitrogens is 4. The summed E-state index contributed by atoms with van der Waals surface area (Å²) in [5.74, 6) is -0.132. The lowest BCUT2D eigenvalue weighted by atomic mass is 10.0. The van der Waals surface area contributed by atoms with Gasteiger partial charge in [-0.2, -0.15) is 4.80 Å². The topological polar surface area (TPSA) is 110 Å². The van der Waals surface area contributed by atoms with Crippen LogP contribution in [0.2, 0.25) is 0 Å². The molecule has 1 aliphatic rings. The number of hydrogen-bond acceptors (Lipinski definition) is 6. The van der Waals surface area contributed by atoms with Crippen molar-refractivity contribution >= 4 is 22.6 Å². The molecule has 0 saturated carbocycles. The van der Waals surface area contributed by atoms with Gasteiger partial charge in [0, 0.05) is 43.9 Å². The van der Waals surface area contributed by atoms with Gasteiger partial charge in [-0.3, -0.25) is 14.5 Å². The summed E-state index contributed by atoms with van der Waals surface area (Å²) in [7, 11) is 0. The molecule has 0 aliphatic carbocycles. The van der Waals surface area contributed by atoms with Crippen LogP contribution in [0.15, 0.2) is 66.7 Å². The van der Waals surface area contributed by atoms with E-state index in [1.54, 1.807) is 24.3 Å². The zero-order valence-corrected chi connectivity index (χ0v) is 18.7. The number of hydrogen-bond donors (Lipinski definition) is 1. The lowest BCUT2D eigenvalue weighted by Gasteiger charge is -2.34. The molecule has 2 N–H and O–H groups in total. The van der Waals surface area contributed by atoms with Gasteiger partial charge in [-0.05, 0) is 33.7 Å². The van der Waals surface area contributed by atoms with Gasteiger partial charge in [0.1, 0.15) is 6.54 Å². The fraction of sp³-hybridized carbons (Fsp3) is 0.240. The van der Waals surface area contributed by atoms with E-state index in [-0.39, 0.29) is 12.5 Å². The minimum Gasteiger partial charge on any atom is -0.366 e. The lowest BCUT2D eigenvalue weighted by Crippen LogP contribution is -2.49. The van der Waals surface area contributed by atoms with Gasteiger partial charge < -0.3 is 10.6 Å². The van der Waals surface area contributed by atoms with Gasteiger partial charge in [-0.15, -0.1) is 10.2 Å². The number of tetrazole rings is 1. The molecule has 1 saturated heterocycles. The summed E-state index contributed by atoms with van der Waals surface area (Å²) in [5, 5.41) is 14.9. The molecule has 1 aromatic heterocycles. The second-order valence-electron chi connectivity index (χ2n) is 8.38. The SMILES string of the molecule is NC(=O)c1ccc(-c2nnn(CC(=O)N3CCN(Cc4cccc5ccccc45)CC3)n2)cc1. The van der Waals surface area contributed by atoms with Gasteiger partial charge in [0.25, 0.3) is 0 Å². The van der Waals surface area contributed by atoms with Crippen molar-refractivity contribution in [3.05, 3.63) is 77.9 Å². The zero-order valence-electron chi connectivity index (χ0n) is 18.7. The average molecular weight is 456 g/mol. The predicted octanol–water partition coefficient (Wildman–Crippen LogP) is 1.94. The molecule has 9 heteroatoms. The highest BCUT2D eigenvalue weighted by Crippen LogP contribution is 2.21. The van der Waals surface area contributed by atoms with Gasteiger partial charge in [0.2, 0.25) is 17.6 Å². The van der Waals surface area contributed by atoms with Crippen LogP contribution in [-0.4, -0.2) is 68.0 Å². The Morgan fingerprint density at radius 3 is 2.38 bits per heavy atom. The van der Waals surface area contributed by atoms with E-state index in [9.17, 15) is 9.59 Å². The Morgan fingerprint density at radius 2 is 1.62 bits per heavy atom. The Balaban J connectivity index is 1.16. The number of carbonyl (C=O) groups is 2. The third-order valence-electron chi connectivity index (χ3n) is 6.16. The molecular weight excluding hydrogens is 430 g/mol. The molecule has 34 heavy (non-hydrogen) atoms. The van der Waals surface area contributed by atoms with Gasteiger partial charge in [0.15, 0.2) is 0 Å². The number of piperazine rings is 1. The molecule has 4 aromatic rings. The summed E-state index contributed by atoms with van der Waals surface area (Å²) in [6.45, 7) is 3.87. The Hall–Kier alpha value is -4.11. The molecule has 0 unspecified atom stereocenters. The second kappa shape index (κ2) is 9.40. The molecule has 2 heterocycles. The van der Waals surface area contributed by atoms with E-state index < -0.39 is 5.91 Å². The second-order valence-corrected chi connectivity index (χ2v) is 8.38. The van der Waals surface area contributed by atoms with Crippen LogP contribution < -0.4 is 5.73 Å². The third-order valence-corrected chi connectivity index (χ3v) is 6.16. The van der Waals surface area contributed by atoms with Crippen molar-refractivity contribution in [1.82, 2.24) is 30.0 Å². The van der Waals surface area contributed by atoms with Crippen LogP contribution in [0.3, 0.4) is 0 Å². The van der Waals surface area contributed by atoms with E-state index in [0.29, 0.717) is 30.0 Å². The number of nitrogens with zero attached hydrogens (tertiary/aromatic N) is 6. The van der Waals surface area contributed by atoms with Gasteiger partial charge in [0.05, 0.1) is 0 Å². The van der Waals surface area contributed by atoms with Crippen LogP contribution in [-0.2, 0) is 17.9 Å². The smallest absolute Gasteiger partial charge is 0.248 e. The first-order valence-electron chi connectivity index (χ1n) is 11.2. The van der Waals surface area contributed by atoms with Crippen LogP contribution in [0.1, 0.15) is 15.9 Å². The molecule has 9 nitrogen and oxygen atoms in total. The van der Waals surface area contributed by atoms with Crippen LogP contribution >= 0.6 is 0 Å². The number of carbonyl (C=O) groups excluding carboxylic acids is 2. The predicted molar refractivity (Wildman–Crippen MR) is 128 cm³/mol. The number of primary amides is 1. The highest BCUT2D eigenvalue weighted by Gasteiger charge is 2.22. The molecule has 0 spiro atoms. The molecule has 0 bridgehead atoms. The lowest BCUT2D eigenvalue weighted by molar-refractivity contribution is -0.134. The van der Waals surface area contributed by atoms with Crippen molar-refractivity contribution in [1.29, 1.82) is 0 Å². The maximum absolute atomic E-state index is 12.8. The minimum absolute atomic E-state index is 0.0298. The summed E-state index contributed by atoms with van der Waals surface area (Å²) in [5.41, 5.74) is 7.68. The summed E-state index contributed by atoms with van der Waals surface area (Å²) in [6, 6.07) is 21.5. The van der Waals surface area contributed by atoms with Gasteiger partial charge in [-0.1, -0.05) is 54.6 Å². The number of rotatable bonds is 6. The normalized spacial score (nSPS) is 14.4. The first kappa shape index (κ1) is 21.7. The Labute approximate surface area is 196 Å². The Morgan fingerprint density at radius 1 is 0.882 bits per heavy atom. The van der Waals surface area contributed by atoms with Crippen molar-refractivity contribution in [3.63, 3.8) is 0 Å². The summed E-state index contributed by atoms with van der Waals surface area (Å²) in [6.07, 6.45) is 0. The molecule has 0 atom stereocenters. The largest absolute Gasteiger partial charge is 0.366 e. The van der Waals surface area contributed by atoms with E-state index in [0.717, 1.165) is 19.6 Å². The van der Waals surface area contributed by atoms with E-state index in [1.807, 2.05) is 4.90 Å². The molecule has 172 valence electrons. The quantitative estimate of drug-likeness (QED) is 0.476. The highest BCUT2D eigenvalue weighted by molar-refractivity contribution is 5.93. The van der Waals surface area contributed by atoms with E-state index in [1.165, 1.54) is 21.1 Å². The monoisotopic (exact) mass is 455 g/mol. The molecule has 5 rings (SSSR count). The third kappa shape index (κ3) is 4.65. The fourth-order valence-electron chi connectivity index (χ4n) is 4.26. The van der Waals surface area contributed by atoms with E-state index in [4.69, 9.17) is 5.73 Å². The van der Waals surface area contributed by atoms with Crippen LogP contribution in [0.25, 0.3) is 22.2 Å². The maximum atomic E-state index is 12.8. The fourth-order valence-corrected chi connectivity index (χ4v) is 4.26. The highest BCUT2D eigenvalue weighted by atomic mass is 16.2. The molecule has 2 amide bonds. The van der Waals surface area contributed by atoms with Crippen molar-refractivity contribution in [2.45, 2.75) is 13.1 Å². The molecule has 1 fully saturated rings. The standard InChI is InChI=1S/C25H25N7O2/c26-24(34)19-8-10-20(11-9-19)25-27-29-32(28-25)17-23(33)31-14-12-30(13-15-31)16-21-6-3-5-18-4-1-2-7-22(18)21/h1-11H,12-17H2,(H2,26,34). The van der Waals surface area contributed by atoms with Crippen LogP contribution in [0, 0.1) is 0 Å². The maximum Gasteiger partial charge on any atom is 0.248 e. The molecule has 0 radical (unpaired) electrons. The van der Waals surface area contributed by atoms with Crippen LogP contribution in [0.5, 0.6) is 0 Å². The molecule has 3 aromatic carbocycles. The molecular formula is C25H25N7O2. The summed E-state index contributed by atoms with van der Waals surface area (Å²) < 4.78 is 0. The van der Waals surface area contributed by atoms with Crippen molar-refractivity contribution in [3.8, 4) is 11.4 Å². The number of fused-ring (bicyclic) bond motifs is 1. The molecule has 1 aliphatic heterocycles. The van der Waals surface area contributed by atoms with Crippen molar-refractivity contribution in [2.75, 3.05) is 26.2 Å². The summed E-state index contributed by atoms with van der Waals surface area (Å²) in [4.78, 5) is 29.6. The van der Waals surface area contributed by atoms with E-state index in [2.05, 4.69) is 62.8 Å². The van der Waals surface area contributed by atoms with E-state index >= 15 is 0 Å². The summed E-state index contributed by atoms with van der Waals surface area (Å²) >= 11 is 0. The van der Waals surface area contributed by atoms with Crippen molar-refractivity contribution in [2.24, 2.45) is 5.73 Å². The average Bonchev–Trinajstić information content (AvgIpc) is 3.33. The zero-order chi connectivity index (χ0) is 23.5. The number of amides is 2. The first-order chi connectivity index (χ1) is 16.6. The first-order valence-corrected chi connectivity index (χ1v) is 11.2. The number of benzene rings is 3. The Kier molecular flexibility index (Phi) is 6.01. The van der Waals surface area contributed by atoms with Crippen molar-refractivity contribution < 1.29 is 9.59 Å². The Bertz CT molecular complexity index is 1320. The minimum atomic E-state index is -0.494.